The van der Waals surface area contributed by atoms with Crippen molar-refractivity contribution in [2.75, 3.05) is 19.8 Å². The molecule has 0 aliphatic carbocycles. The van der Waals surface area contributed by atoms with Crippen molar-refractivity contribution >= 4 is 5.91 Å². The molecule has 0 unspecified atom stereocenters. The van der Waals surface area contributed by atoms with Crippen LogP contribution in [0.1, 0.15) is 13.3 Å². The molecule has 3 saturated heterocycles. The Kier molecular flexibility index (Phi) is 11.1. The fourth-order valence-corrected chi connectivity index (χ4v) is 4.66. The summed E-state index contributed by atoms with van der Waals surface area (Å²) < 4.78 is 27.1. The zero-order valence-electron chi connectivity index (χ0n) is 20.4. The first kappa shape index (κ1) is 31.4. The Morgan fingerprint density at radius 2 is 1.24 bits per heavy atom. The third kappa shape index (κ3) is 6.60. The topological polar surface area (TPSA) is 278 Å². The van der Waals surface area contributed by atoms with Gasteiger partial charge in [-0.15, -0.1) is 0 Å². The van der Waals surface area contributed by atoms with Crippen molar-refractivity contribution in [3.05, 3.63) is 0 Å². The average Bonchev–Trinajstić information content (AvgIpc) is 2.87. The highest BCUT2D eigenvalue weighted by molar-refractivity contribution is 5.73. The van der Waals surface area contributed by atoms with E-state index >= 15 is 0 Å². The molecule has 0 spiro atoms. The quantitative estimate of drug-likeness (QED) is 0.125. The molecular weight excluding hydrogens is 522 g/mol. The molecule has 17 nitrogen and oxygen atoms in total. The number of aliphatic hydroxyl groups excluding tert-OH is 10. The summed E-state index contributed by atoms with van der Waals surface area (Å²) in [5.41, 5.74) is 0. The van der Waals surface area contributed by atoms with E-state index in [-0.39, 0.29) is 6.42 Å². The fraction of sp³-hybridized carbons (Fsp3) is 0.952. The van der Waals surface area contributed by atoms with Gasteiger partial charge in [0.1, 0.15) is 67.1 Å². The van der Waals surface area contributed by atoms with Gasteiger partial charge in [-0.2, -0.15) is 0 Å². The monoisotopic (exact) mass is 559 g/mol. The molecule has 11 N–H and O–H groups in total. The summed E-state index contributed by atoms with van der Waals surface area (Å²) in [4.78, 5) is 11.7. The lowest BCUT2D eigenvalue weighted by atomic mass is 9.95. The number of aliphatic hydroxyl groups is 10. The number of carbonyl (C=O) groups is 1. The van der Waals surface area contributed by atoms with Gasteiger partial charge in [0.05, 0.1) is 19.3 Å². The summed E-state index contributed by atoms with van der Waals surface area (Å²) in [6.07, 6.45) is -23.1. The van der Waals surface area contributed by atoms with Gasteiger partial charge in [0, 0.05) is 13.5 Å². The van der Waals surface area contributed by atoms with E-state index in [1.165, 1.54) is 0 Å². The number of amides is 1. The van der Waals surface area contributed by atoms with Crippen LogP contribution in [0.3, 0.4) is 0 Å². The number of nitrogens with one attached hydrogen (secondary N) is 1. The van der Waals surface area contributed by atoms with Crippen LogP contribution in [0.5, 0.6) is 0 Å². The Hall–Kier alpha value is -1.13. The van der Waals surface area contributed by atoms with Crippen molar-refractivity contribution in [1.82, 2.24) is 5.32 Å². The molecule has 0 saturated carbocycles. The van der Waals surface area contributed by atoms with Gasteiger partial charge in [-0.05, 0) is 6.42 Å². The molecule has 0 aromatic heterocycles. The predicted molar refractivity (Wildman–Crippen MR) is 117 cm³/mol. The predicted octanol–water partition coefficient (Wildman–Crippen LogP) is -7.04. The molecule has 3 aliphatic heterocycles. The minimum Gasteiger partial charge on any atom is -0.396 e. The van der Waals surface area contributed by atoms with Crippen molar-refractivity contribution in [2.24, 2.45) is 0 Å². The smallest absolute Gasteiger partial charge is 0.217 e. The van der Waals surface area contributed by atoms with Crippen LogP contribution < -0.4 is 5.32 Å². The van der Waals surface area contributed by atoms with Crippen LogP contribution in [0.4, 0.5) is 0 Å². The van der Waals surface area contributed by atoms with Gasteiger partial charge >= 0.3 is 0 Å². The maximum atomic E-state index is 11.7. The van der Waals surface area contributed by atoms with E-state index in [0.717, 1.165) is 6.92 Å². The third-order valence-electron chi connectivity index (χ3n) is 6.73. The van der Waals surface area contributed by atoms with Gasteiger partial charge in [0.25, 0.3) is 0 Å². The van der Waals surface area contributed by atoms with Crippen molar-refractivity contribution in [2.45, 2.75) is 105 Å². The van der Waals surface area contributed by atoms with E-state index in [0.29, 0.717) is 0 Å². The molecule has 222 valence electrons. The lowest BCUT2D eigenvalue weighted by Crippen LogP contribution is -2.68. The Morgan fingerprint density at radius 3 is 1.82 bits per heavy atom. The van der Waals surface area contributed by atoms with Crippen molar-refractivity contribution < 1.29 is 79.5 Å². The lowest BCUT2D eigenvalue weighted by molar-refractivity contribution is -0.377. The highest BCUT2D eigenvalue weighted by Crippen LogP contribution is 2.32. The van der Waals surface area contributed by atoms with Crippen LogP contribution in [0.2, 0.25) is 0 Å². The maximum absolute atomic E-state index is 11.7. The summed E-state index contributed by atoms with van der Waals surface area (Å²) in [7, 11) is 0. The van der Waals surface area contributed by atoms with Gasteiger partial charge in [-0.1, -0.05) is 0 Å². The fourth-order valence-electron chi connectivity index (χ4n) is 4.66. The van der Waals surface area contributed by atoms with Crippen LogP contribution >= 0.6 is 0 Å². The molecule has 1 amide bonds. The molecule has 3 rings (SSSR count). The first-order chi connectivity index (χ1) is 17.9. The van der Waals surface area contributed by atoms with Gasteiger partial charge in [-0.25, -0.2) is 0 Å². The molecule has 3 heterocycles. The van der Waals surface area contributed by atoms with Crippen LogP contribution in [-0.2, 0) is 28.5 Å². The Morgan fingerprint density at radius 1 is 0.684 bits per heavy atom. The zero-order chi connectivity index (χ0) is 28.3. The SMILES string of the molecule is CC(=O)N[C@H]1[C@H](O[C@H]2[C@@H](O)[C@@H](CO)O[C@H](O[C@H]3[C@H](O)[C@H](O)[C@@H](CCO)O[C@@H]3O)[C@@H]2O)O[C@H](CO)[C@@H](O)[C@@H]1O. The second kappa shape index (κ2) is 13.5. The first-order valence-electron chi connectivity index (χ1n) is 12.1. The largest absolute Gasteiger partial charge is 0.396 e. The molecular formula is C21H37NO16. The molecule has 3 aliphatic rings. The number of rotatable bonds is 9. The summed E-state index contributed by atoms with van der Waals surface area (Å²) in [5.74, 6) is -0.651. The van der Waals surface area contributed by atoms with E-state index in [1.54, 1.807) is 0 Å². The minimum absolute atomic E-state index is 0.106. The Balaban J connectivity index is 1.80. The van der Waals surface area contributed by atoms with Crippen molar-refractivity contribution in [1.29, 1.82) is 0 Å². The third-order valence-corrected chi connectivity index (χ3v) is 6.73. The molecule has 3 fully saturated rings. The highest BCUT2D eigenvalue weighted by atomic mass is 16.7. The number of carbonyl (C=O) groups excluding carboxylic acids is 1. The lowest BCUT2D eigenvalue weighted by Gasteiger charge is -2.48. The zero-order valence-corrected chi connectivity index (χ0v) is 20.4. The average molecular weight is 560 g/mol. The van der Waals surface area contributed by atoms with E-state index < -0.39 is 118 Å². The number of hydrogen-bond acceptors (Lipinski definition) is 16. The van der Waals surface area contributed by atoms with Crippen LogP contribution in [0, 0.1) is 0 Å². The Bertz CT molecular complexity index is 763. The van der Waals surface area contributed by atoms with E-state index in [4.69, 9.17) is 28.8 Å². The summed E-state index contributed by atoms with van der Waals surface area (Å²) in [5, 5.41) is 104. The van der Waals surface area contributed by atoms with E-state index in [9.17, 15) is 50.8 Å². The van der Waals surface area contributed by atoms with Crippen molar-refractivity contribution in [3.8, 4) is 0 Å². The van der Waals surface area contributed by atoms with E-state index in [2.05, 4.69) is 5.32 Å². The van der Waals surface area contributed by atoms with Gasteiger partial charge < -0.3 is 80.1 Å². The molecule has 0 aromatic carbocycles. The van der Waals surface area contributed by atoms with E-state index in [1.807, 2.05) is 0 Å². The van der Waals surface area contributed by atoms with Gasteiger partial charge in [0.15, 0.2) is 18.9 Å². The molecule has 17 heteroatoms. The molecule has 0 aromatic rings. The molecule has 0 radical (unpaired) electrons. The van der Waals surface area contributed by atoms with Crippen molar-refractivity contribution in [3.63, 3.8) is 0 Å². The molecule has 38 heavy (non-hydrogen) atoms. The van der Waals surface area contributed by atoms with Crippen LogP contribution in [0.15, 0.2) is 0 Å². The summed E-state index contributed by atoms with van der Waals surface area (Å²) >= 11 is 0. The number of ether oxygens (including phenoxy) is 5. The standard InChI is InChI=1S/C21H37NO16/c1-6(26)22-10-14(30)12(28)8(4-24)35-20(10)37-17-13(29)9(5-25)36-21(16(17)32)38-18-15(31)11(27)7(2-3-23)34-19(18)33/h7-21,23-25,27-33H,2-5H2,1H3,(H,22,26)/t7-,8-,9-,10-,11-,12-,13+,14-,15-,16-,17+,18+,19+,20+,21-/m1/s1. The maximum Gasteiger partial charge on any atom is 0.217 e. The summed E-state index contributed by atoms with van der Waals surface area (Å²) in [6, 6.07) is -1.42. The second-order valence-electron chi connectivity index (χ2n) is 9.40. The number of hydrogen-bond donors (Lipinski definition) is 11. The van der Waals surface area contributed by atoms with Crippen LogP contribution in [-0.4, -0.2) is 169 Å². The van der Waals surface area contributed by atoms with Gasteiger partial charge in [-0.3, -0.25) is 4.79 Å². The second-order valence-corrected chi connectivity index (χ2v) is 9.40. The normalized spacial score (nSPS) is 48.0. The summed E-state index contributed by atoms with van der Waals surface area (Å²) in [6.45, 7) is -0.869. The highest BCUT2D eigenvalue weighted by Gasteiger charge is 2.53. The molecule has 0 bridgehead atoms. The minimum atomic E-state index is -1.92. The first-order valence-corrected chi connectivity index (χ1v) is 12.1. The van der Waals surface area contributed by atoms with Gasteiger partial charge in [0.2, 0.25) is 5.91 Å². The van der Waals surface area contributed by atoms with Crippen LogP contribution in [0.25, 0.3) is 0 Å². The Labute approximate surface area is 216 Å². The molecule has 15 atom stereocenters.